The maximum Gasteiger partial charge on any atom is 0.334 e. The molecular weight excluding hydrogens is 377 g/mol. The van der Waals surface area contributed by atoms with Crippen LogP contribution in [0.25, 0.3) is 0 Å². The molecule has 0 aliphatic heterocycles. The highest BCUT2D eigenvalue weighted by Gasteiger charge is 2.09. The summed E-state index contributed by atoms with van der Waals surface area (Å²) < 4.78 is 5.91. The van der Waals surface area contributed by atoms with Crippen LogP contribution in [0, 0.1) is 0 Å². The van der Waals surface area contributed by atoms with Gasteiger partial charge in [0.2, 0.25) is 0 Å². The van der Waals surface area contributed by atoms with E-state index in [0.717, 1.165) is 0 Å². The number of alkyl halides is 1. The number of hydrogen-bond acceptors (Lipinski definition) is 5. The van der Waals surface area contributed by atoms with Crippen LogP contribution >= 0.6 is 38.5 Å². The fourth-order valence-corrected chi connectivity index (χ4v) is 1.60. The topological polar surface area (TPSA) is 90.4 Å². The molecule has 5 nitrogen and oxygen atoms in total. The van der Waals surface area contributed by atoms with Crippen LogP contribution in [0.4, 0.5) is 0 Å². The Hall–Kier alpha value is -0.280. The van der Waals surface area contributed by atoms with Crippen LogP contribution in [0.2, 0.25) is 0 Å². The molecule has 0 saturated carbocycles. The number of hydrazine groups is 1. The van der Waals surface area contributed by atoms with E-state index in [1.807, 2.05) is 0 Å². The van der Waals surface area contributed by atoms with Crippen molar-refractivity contribution in [1.82, 2.24) is 5.43 Å². The Bertz CT molecular complexity index is 292. The predicted octanol–water partition coefficient (Wildman–Crippen LogP) is 0.897. The zero-order valence-electron chi connectivity index (χ0n) is 8.22. The maximum absolute atomic E-state index is 11.4. The maximum atomic E-state index is 11.4. The fraction of sp³-hybridized carbons (Fsp3) is 0.375. The third-order valence-corrected chi connectivity index (χ3v) is 2.87. The molecule has 0 saturated heterocycles. The van der Waals surface area contributed by atoms with E-state index in [-0.39, 0.29) is 11.8 Å². The van der Waals surface area contributed by atoms with Crippen molar-refractivity contribution < 1.29 is 9.53 Å². The third kappa shape index (κ3) is 5.38. The smallest absolute Gasteiger partial charge is 0.334 e. The number of nitrogens with one attached hydrogen (secondary N) is 1. The molecular formula is C8H13BrIN3O2. The second-order valence-electron chi connectivity index (χ2n) is 2.43. The van der Waals surface area contributed by atoms with Crippen LogP contribution in [-0.4, -0.2) is 17.0 Å². The summed E-state index contributed by atoms with van der Waals surface area (Å²) in [7, 11) is 0. The molecule has 0 amide bonds. The highest BCUT2D eigenvalue weighted by Crippen LogP contribution is 2.14. The summed E-state index contributed by atoms with van der Waals surface area (Å²) in [5.74, 6) is 5.01. The van der Waals surface area contributed by atoms with Gasteiger partial charge < -0.3 is 15.9 Å². The monoisotopic (exact) mass is 389 g/mol. The van der Waals surface area contributed by atoms with Crippen LogP contribution in [0.1, 0.15) is 6.92 Å². The Kier molecular flexibility index (Phi) is 7.79. The van der Waals surface area contributed by atoms with Crippen LogP contribution < -0.4 is 17.0 Å². The molecule has 0 atom stereocenters. The number of esters is 1. The number of carbonyl (C=O) groups excluding carboxylic acids is 1. The van der Waals surface area contributed by atoms with Crippen molar-refractivity contribution >= 4 is 44.5 Å². The minimum absolute atomic E-state index is 0.252. The summed E-state index contributed by atoms with van der Waals surface area (Å²) in [6.45, 7) is 2.10. The first-order chi connectivity index (χ1) is 7.06. The average Bonchev–Trinajstić information content (AvgIpc) is 2.24. The van der Waals surface area contributed by atoms with E-state index < -0.39 is 0 Å². The van der Waals surface area contributed by atoms with Gasteiger partial charge in [0, 0.05) is 10.0 Å². The molecule has 0 bridgehead atoms. The van der Waals surface area contributed by atoms with Gasteiger partial charge >= 0.3 is 5.97 Å². The lowest BCUT2D eigenvalue weighted by Gasteiger charge is -2.05. The van der Waals surface area contributed by atoms with Gasteiger partial charge in [-0.3, -0.25) is 0 Å². The van der Waals surface area contributed by atoms with E-state index in [9.17, 15) is 4.79 Å². The van der Waals surface area contributed by atoms with Crippen LogP contribution in [0.3, 0.4) is 0 Å². The van der Waals surface area contributed by atoms with Gasteiger partial charge in [0.15, 0.2) is 0 Å². The Morgan fingerprint density at radius 1 is 1.67 bits per heavy atom. The first kappa shape index (κ1) is 14.7. The lowest BCUT2D eigenvalue weighted by atomic mass is 10.3. The second-order valence-corrected chi connectivity index (χ2v) is 4.05. The van der Waals surface area contributed by atoms with Crippen LogP contribution in [0.15, 0.2) is 22.0 Å². The lowest BCUT2D eigenvalue weighted by molar-refractivity contribution is -0.138. The van der Waals surface area contributed by atoms with Crippen molar-refractivity contribution in [3.05, 3.63) is 22.0 Å². The molecule has 0 fully saturated rings. The Morgan fingerprint density at radius 3 is 2.67 bits per heavy atom. The molecule has 0 aliphatic carbocycles. The molecule has 0 unspecified atom stereocenters. The highest BCUT2D eigenvalue weighted by molar-refractivity contribution is 14.1. The van der Waals surface area contributed by atoms with Gasteiger partial charge in [-0.1, -0.05) is 22.6 Å². The van der Waals surface area contributed by atoms with Gasteiger partial charge in [-0.05, 0) is 28.9 Å². The minimum atomic E-state index is -0.353. The molecule has 0 radical (unpaired) electrons. The van der Waals surface area contributed by atoms with Gasteiger partial charge in [-0.25, -0.2) is 10.6 Å². The van der Waals surface area contributed by atoms with Gasteiger partial charge in [-0.2, -0.15) is 0 Å². The van der Waals surface area contributed by atoms with Crippen LogP contribution in [0.5, 0.6) is 0 Å². The zero-order valence-corrected chi connectivity index (χ0v) is 12.0. The first-order valence-corrected chi connectivity index (χ1v) is 6.44. The molecule has 0 aromatic carbocycles. The highest BCUT2D eigenvalue weighted by atomic mass is 127. The summed E-state index contributed by atoms with van der Waals surface area (Å²) in [4.78, 5) is 11.4. The largest absolute Gasteiger partial charge is 0.463 e. The van der Waals surface area contributed by atoms with Crippen molar-refractivity contribution in [1.29, 1.82) is 0 Å². The van der Waals surface area contributed by atoms with E-state index in [2.05, 4.69) is 43.9 Å². The molecule has 0 spiro atoms. The molecule has 86 valence electrons. The SMILES string of the molecule is CCOC(=O)/C(=C/C(Br)=C(/N)NN)CI. The normalized spacial score (nSPS) is 13.2. The summed E-state index contributed by atoms with van der Waals surface area (Å²) in [6, 6.07) is 0. The van der Waals surface area contributed by atoms with Crippen molar-refractivity contribution in [2.24, 2.45) is 11.6 Å². The molecule has 0 aromatic rings. The second kappa shape index (κ2) is 7.94. The van der Waals surface area contributed by atoms with Crippen molar-refractivity contribution in [2.75, 3.05) is 11.0 Å². The van der Waals surface area contributed by atoms with E-state index in [4.69, 9.17) is 16.3 Å². The molecule has 0 aromatic heterocycles. The van der Waals surface area contributed by atoms with Gasteiger partial charge in [0.25, 0.3) is 0 Å². The predicted molar refractivity (Wildman–Crippen MR) is 71.1 cm³/mol. The van der Waals surface area contributed by atoms with E-state index in [1.165, 1.54) is 0 Å². The molecule has 0 aliphatic rings. The van der Waals surface area contributed by atoms with Gasteiger partial charge in [0.05, 0.1) is 11.1 Å². The standard InChI is InChI=1S/C8H13BrIN3O2/c1-2-15-8(14)5(4-10)3-6(9)7(11)13-12/h3,13H,2,4,11-12H2,1H3/b5-3+,7-6+. The molecule has 0 rings (SSSR count). The van der Waals surface area contributed by atoms with E-state index in [0.29, 0.717) is 21.1 Å². The summed E-state index contributed by atoms with van der Waals surface area (Å²) in [5, 5.41) is 0. The fourth-order valence-electron chi connectivity index (χ4n) is 0.676. The van der Waals surface area contributed by atoms with Crippen molar-refractivity contribution in [2.45, 2.75) is 6.92 Å². The number of nitrogens with two attached hydrogens (primary N) is 2. The molecule has 7 heteroatoms. The Balaban J connectivity index is 4.81. The minimum Gasteiger partial charge on any atom is -0.463 e. The molecule has 0 heterocycles. The number of carbonyl (C=O) groups is 1. The third-order valence-electron chi connectivity index (χ3n) is 1.40. The summed E-state index contributed by atoms with van der Waals surface area (Å²) >= 11 is 5.26. The summed E-state index contributed by atoms with van der Waals surface area (Å²) in [6.07, 6.45) is 1.58. The number of rotatable bonds is 5. The number of ether oxygens (including phenoxy) is 1. The van der Waals surface area contributed by atoms with E-state index >= 15 is 0 Å². The summed E-state index contributed by atoms with van der Waals surface area (Å²) in [5.41, 5.74) is 8.28. The van der Waals surface area contributed by atoms with Crippen molar-refractivity contribution in [3.8, 4) is 0 Å². The quantitative estimate of drug-likeness (QED) is 0.124. The van der Waals surface area contributed by atoms with Crippen molar-refractivity contribution in [3.63, 3.8) is 0 Å². The average molecular weight is 390 g/mol. The van der Waals surface area contributed by atoms with E-state index in [1.54, 1.807) is 13.0 Å². The van der Waals surface area contributed by atoms with Crippen LogP contribution in [-0.2, 0) is 9.53 Å². The number of halogens is 2. The van der Waals surface area contributed by atoms with Gasteiger partial charge in [0.1, 0.15) is 5.82 Å². The molecule has 5 N–H and O–H groups in total. The first-order valence-electron chi connectivity index (χ1n) is 4.12. The molecule has 15 heavy (non-hydrogen) atoms. The Labute approximate surface area is 111 Å². The number of allylic oxidation sites excluding steroid dienone is 2. The lowest BCUT2D eigenvalue weighted by Crippen LogP contribution is -2.27. The Morgan fingerprint density at radius 2 is 2.27 bits per heavy atom. The zero-order chi connectivity index (χ0) is 11.8. The van der Waals surface area contributed by atoms with Gasteiger partial charge in [-0.15, -0.1) is 0 Å². The number of hydrogen-bond donors (Lipinski definition) is 3.